The van der Waals surface area contributed by atoms with Crippen LogP contribution in [0.5, 0.6) is 0 Å². The molecule has 1 aliphatic heterocycles. The molecule has 2 aromatic rings. The summed E-state index contributed by atoms with van der Waals surface area (Å²) in [6.07, 6.45) is 1.89. The van der Waals surface area contributed by atoms with Gasteiger partial charge in [0, 0.05) is 6.04 Å². The Morgan fingerprint density at radius 3 is 2.00 bits per heavy atom. The number of nitrogens with one attached hydrogen (secondary N) is 2. The van der Waals surface area contributed by atoms with Crippen LogP contribution in [0.1, 0.15) is 30.9 Å². The smallest absolute Gasteiger partial charge is 0.315 e. The summed E-state index contributed by atoms with van der Waals surface area (Å²) in [5, 5.41) is 17.7. The van der Waals surface area contributed by atoms with E-state index in [1.165, 1.54) is 0 Å². The molecule has 0 unspecified atom stereocenters. The van der Waals surface area contributed by atoms with Crippen molar-refractivity contribution < 1.29 is 9.90 Å². The molecule has 3 N–H and O–H groups in total. The van der Waals surface area contributed by atoms with E-state index in [1.54, 1.807) is 0 Å². The van der Waals surface area contributed by atoms with Gasteiger partial charge < -0.3 is 20.6 Å². The van der Waals surface area contributed by atoms with Crippen molar-refractivity contribution in [3.63, 3.8) is 0 Å². The number of carbonyl (C=O) groups excluding carboxylic acids is 1. The number of likely N-dealkylation sites (tertiary alicyclic amines) is 1. The number of carbonyl (C=O) groups is 1. The SMILES string of the molecule is C[C@@H](NC(=O)NC1CCN(C)CC1)C(O)(c1ccccc1)c1ccccc1. The maximum atomic E-state index is 12.6. The fourth-order valence-electron chi connectivity index (χ4n) is 3.73. The van der Waals surface area contributed by atoms with E-state index in [0.717, 1.165) is 37.1 Å². The second kappa shape index (κ2) is 8.55. The number of hydrogen-bond donors (Lipinski definition) is 3. The molecule has 0 aliphatic carbocycles. The molecular weight excluding hydrogens is 338 g/mol. The molecule has 1 saturated heterocycles. The highest BCUT2D eigenvalue weighted by molar-refractivity contribution is 5.75. The highest BCUT2D eigenvalue weighted by atomic mass is 16.3. The molecule has 0 aromatic heterocycles. The lowest BCUT2D eigenvalue weighted by Gasteiger charge is -2.36. The third-order valence-corrected chi connectivity index (χ3v) is 5.46. The molecule has 1 fully saturated rings. The van der Waals surface area contributed by atoms with Crippen LogP contribution in [0.2, 0.25) is 0 Å². The van der Waals surface area contributed by atoms with Crippen LogP contribution in [0, 0.1) is 0 Å². The first-order valence-electron chi connectivity index (χ1n) is 9.59. The maximum absolute atomic E-state index is 12.6. The number of urea groups is 1. The Morgan fingerprint density at radius 1 is 1.04 bits per heavy atom. The Bertz CT molecular complexity index is 688. The van der Waals surface area contributed by atoms with Crippen LogP contribution in [0.15, 0.2) is 60.7 Å². The topological polar surface area (TPSA) is 64.6 Å². The van der Waals surface area contributed by atoms with Gasteiger partial charge >= 0.3 is 6.03 Å². The van der Waals surface area contributed by atoms with Gasteiger partial charge in [-0.2, -0.15) is 0 Å². The third kappa shape index (κ3) is 4.49. The van der Waals surface area contributed by atoms with E-state index in [1.807, 2.05) is 67.6 Å². The molecule has 1 heterocycles. The molecular formula is C22H29N3O2. The van der Waals surface area contributed by atoms with E-state index >= 15 is 0 Å². The number of benzene rings is 2. The molecule has 2 amide bonds. The van der Waals surface area contributed by atoms with Gasteiger partial charge in [-0.3, -0.25) is 0 Å². The summed E-state index contributed by atoms with van der Waals surface area (Å²) in [7, 11) is 2.10. The summed E-state index contributed by atoms with van der Waals surface area (Å²) >= 11 is 0. The highest BCUT2D eigenvalue weighted by Gasteiger charge is 2.38. The van der Waals surface area contributed by atoms with Crippen LogP contribution in [0.4, 0.5) is 4.79 Å². The number of hydrogen-bond acceptors (Lipinski definition) is 3. The number of aliphatic hydroxyl groups is 1. The van der Waals surface area contributed by atoms with E-state index in [9.17, 15) is 9.90 Å². The molecule has 0 spiro atoms. The van der Waals surface area contributed by atoms with Crippen molar-refractivity contribution in [2.24, 2.45) is 0 Å². The zero-order chi connectivity index (χ0) is 19.3. The van der Waals surface area contributed by atoms with Crippen molar-refractivity contribution in [2.75, 3.05) is 20.1 Å². The first-order chi connectivity index (χ1) is 13.0. The molecule has 0 saturated carbocycles. The fraction of sp³-hybridized carbons (Fsp3) is 0.409. The minimum absolute atomic E-state index is 0.176. The molecule has 27 heavy (non-hydrogen) atoms. The predicted molar refractivity (Wildman–Crippen MR) is 108 cm³/mol. The second-order valence-electron chi connectivity index (χ2n) is 7.42. The highest BCUT2D eigenvalue weighted by Crippen LogP contribution is 2.33. The number of nitrogens with zero attached hydrogens (tertiary/aromatic N) is 1. The summed E-state index contributed by atoms with van der Waals surface area (Å²) in [6.45, 7) is 3.81. The lowest BCUT2D eigenvalue weighted by Crippen LogP contribution is -2.54. The Balaban J connectivity index is 1.76. The second-order valence-corrected chi connectivity index (χ2v) is 7.42. The van der Waals surface area contributed by atoms with Crippen LogP contribution in [-0.4, -0.2) is 48.3 Å². The first kappa shape index (κ1) is 19.4. The quantitative estimate of drug-likeness (QED) is 0.761. The number of rotatable bonds is 5. The molecule has 0 radical (unpaired) electrons. The fourth-order valence-corrected chi connectivity index (χ4v) is 3.73. The molecule has 0 bridgehead atoms. The summed E-state index contributed by atoms with van der Waals surface area (Å²) in [6, 6.07) is 18.4. The van der Waals surface area contributed by atoms with Crippen LogP contribution in [-0.2, 0) is 5.60 Å². The molecule has 3 rings (SSSR count). The average Bonchev–Trinajstić information content (AvgIpc) is 2.70. The van der Waals surface area contributed by atoms with Crippen LogP contribution in [0.3, 0.4) is 0 Å². The standard InChI is InChI=1S/C22H29N3O2/c1-17(23-21(26)24-20-13-15-25(2)16-14-20)22(27,18-9-5-3-6-10-18)19-11-7-4-8-12-19/h3-12,17,20,27H,13-16H2,1-2H3,(H2,23,24,26)/t17-/m1/s1. The van der Waals surface area contributed by atoms with E-state index in [0.29, 0.717) is 0 Å². The van der Waals surface area contributed by atoms with Crippen LogP contribution >= 0.6 is 0 Å². The zero-order valence-corrected chi connectivity index (χ0v) is 16.1. The maximum Gasteiger partial charge on any atom is 0.315 e. The summed E-state index contributed by atoms with van der Waals surface area (Å²) in [5.41, 5.74) is 0.193. The largest absolute Gasteiger partial charge is 0.378 e. The molecule has 5 heteroatoms. The van der Waals surface area contributed by atoms with E-state index < -0.39 is 11.6 Å². The van der Waals surface area contributed by atoms with Crippen molar-refractivity contribution in [1.29, 1.82) is 0 Å². The van der Waals surface area contributed by atoms with Crippen molar-refractivity contribution >= 4 is 6.03 Å². The average molecular weight is 367 g/mol. The van der Waals surface area contributed by atoms with Gasteiger partial charge in [-0.15, -0.1) is 0 Å². The molecule has 1 atom stereocenters. The monoisotopic (exact) mass is 367 g/mol. The molecule has 144 valence electrons. The van der Waals surface area contributed by atoms with Crippen molar-refractivity contribution in [3.8, 4) is 0 Å². The summed E-state index contributed by atoms with van der Waals surface area (Å²) in [4.78, 5) is 14.8. The predicted octanol–water partition coefficient (Wildman–Crippen LogP) is 2.70. The van der Waals surface area contributed by atoms with Gasteiger partial charge in [0.2, 0.25) is 0 Å². The minimum Gasteiger partial charge on any atom is -0.378 e. The van der Waals surface area contributed by atoms with Gasteiger partial charge in [-0.1, -0.05) is 60.7 Å². The lowest BCUT2D eigenvalue weighted by molar-refractivity contribution is 0.0470. The van der Waals surface area contributed by atoms with E-state index in [2.05, 4.69) is 22.6 Å². The van der Waals surface area contributed by atoms with Crippen molar-refractivity contribution in [2.45, 2.75) is 37.5 Å². The lowest BCUT2D eigenvalue weighted by atomic mass is 9.81. The van der Waals surface area contributed by atoms with Crippen LogP contribution < -0.4 is 10.6 Å². The van der Waals surface area contributed by atoms with Gasteiger partial charge in [-0.25, -0.2) is 4.79 Å². The summed E-state index contributed by atoms with van der Waals surface area (Å²) < 4.78 is 0. The van der Waals surface area contributed by atoms with Crippen molar-refractivity contribution in [1.82, 2.24) is 15.5 Å². The molecule has 5 nitrogen and oxygen atoms in total. The van der Waals surface area contributed by atoms with Crippen molar-refractivity contribution in [3.05, 3.63) is 71.8 Å². The zero-order valence-electron chi connectivity index (χ0n) is 16.1. The third-order valence-electron chi connectivity index (χ3n) is 5.46. The van der Waals surface area contributed by atoms with E-state index in [-0.39, 0.29) is 12.1 Å². The van der Waals surface area contributed by atoms with Gasteiger partial charge in [0.15, 0.2) is 0 Å². The Kier molecular flexibility index (Phi) is 6.14. The Morgan fingerprint density at radius 2 is 1.52 bits per heavy atom. The Hall–Kier alpha value is -2.37. The normalized spacial score (nSPS) is 17.3. The first-order valence-corrected chi connectivity index (χ1v) is 9.59. The van der Waals surface area contributed by atoms with E-state index in [4.69, 9.17) is 0 Å². The van der Waals surface area contributed by atoms with Crippen LogP contribution in [0.25, 0.3) is 0 Å². The van der Waals surface area contributed by atoms with Gasteiger partial charge in [0.05, 0.1) is 6.04 Å². The minimum atomic E-state index is -1.31. The van der Waals surface area contributed by atoms with Gasteiger partial charge in [0.25, 0.3) is 0 Å². The van der Waals surface area contributed by atoms with Gasteiger partial charge in [-0.05, 0) is 51.0 Å². The summed E-state index contributed by atoms with van der Waals surface area (Å²) in [5.74, 6) is 0. The number of piperidine rings is 1. The van der Waals surface area contributed by atoms with Gasteiger partial charge in [0.1, 0.15) is 5.60 Å². The number of amides is 2. The molecule has 2 aromatic carbocycles. The Labute approximate surface area is 161 Å². The molecule has 1 aliphatic rings.